The molecule has 0 amide bonds. The van der Waals surface area contributed by atoms with Gasteiger partial charge in [-0.25, -0.2) is 8.42 Å². The van der Waals surface area contributed by atoms with Crippen LogP contribution in [-0.2, 0) is 34.0 Å². The number of aryl methyl sites for hydroxylation is 1. The highest BCUT2D eigenvalue weighted by atomic mass is 32.2. The summed E-state index contributed by atoms with van der Waals surface area (Å²) in [6, 6.07) is 18.9. The summed E-state index contributed by atoms with van der Waals surface area (Å²) in [6.45, 7) is 5.44. The lowest BCUT2D eigenvalue weighted by Crippen LogP contribution is -2.30. The third kappa shape index (κ3) is 5.89. The van der Waals surface area contributed by atoms with E-state index in [0.29, 0.717) is 25.2 Å². The number of nitrogens with zero attached hydrogens (tertiary/aromatic N) is 3. The molecule has 0 aliphatic heterocycles. The summed E-state index contributed by atoms with van der Waals surface area (Å²) in [6.07, 6.45) is 1.07. The predicted molar refractivity (Wildman–Crippen MR) is 124 cm³/mol. The summed E-state index contributed by atoms with van der Waals surface area (Å²) in [4.78, 5) is 12.5. The number of carbonyl (C=O) groups is 1. The Balaban J connectivity index is 1.94. The highest BCUT2D eigenvalue weighted by Gasteiger charge is 2.33. The Morgan fingerprint density at radius 2 is 1.53 bits per heavy atom. The van der Waals surface area contributed by atoms with Crippen LogP contribution < -0.4 is 5.73 Å². The quantitative estimate of drug-likeness (QED) is 0.532. The fourth-order valence-electron chi connectivity index (χ4n) is 3.31. The molecule has 1 heterocycles. The molecule has 3 aromatic rings. The third-order valence-corrected chi connectivity index (χ3v) is 6.78. The Kier molecular flexibility index (Phi) is 7.26. The van der Waals surface area contributed by atoms with Crippen LogP contribution in [0.4, 0.5) is 0 Å². The van der Waals surface area contributed by atoms with Gasteiger partial charge in [0.1, 0.15) is 5.75 Å². The first-order valence-electron chi connectivity index (χ1n) is 10.6. The van der Waals surface area contributed by atoms with Crippen LogP contribution in [0.15, 0.2) is 65.8 Å². The molecule has 170 valence electrons. The van der Waals surface area contributed by atoms with Crippen LogP contribution in [-0.4, -0.2) is 34.7 Å². The van der Waals surface area contributed by atoms with E-state index < -0.39 is 27.0 Å². The van der Waals surface area contributed by atoms with Crippen molar-refractivity contribution >= 4 is 15.6 Å². The number of Topliss-reactive ketones (excluding diaryl/α,β-unsaturated/α-hetero) is 1. The van der Waals surface area contributed by atoms with Crippen LogP contribution >= 0.6 is 0 Å². The van der Waals surface area contributed by atoms with E-state index in [1.54, 1.807) is 25.3 Å². The van der Waals surface area contributed by atoms with E-state index in [2.05, 4.69) is 10.2 Å². The molecule has 0 unspecified atom stereocenters. The zero-order valence-electron chi connectivity index (χ0n) is 18.7. The molecule has 32 heavy (non-hydrogen) atoms. The summed E-state index contributed by atoms with van der Waals surface area (Å²) in [7, 11) is -3.98. The van der Waals surface area contributed by atoms with Gasteiger partial charge in [0, 0.05) is 12.0 Å². The molecule has 0 saturated carbocycles. The van der Waals surface area contributed by atoms with E-state index >= 15 is 0 Å². The molecule has 0 bridgehead atoms. The number of nitrogens with two attached hydrogens (primary N) is 1. The monoisotopic (exact) mass is 454 g/mol. The van der Waals surface area contributed by atoms with E-state index in [9.17, 15) is 13.2 Å². The van der Waals surface area contributed by atoms with Crippen LogP contribution in [0.2, 0.25) is 0 Å². The van der Waals surface area contributed by atoms with E-state index in [0.717, 1.165) is 11.1 Å². The summed E-state index contributed by atoms with van der Waals surface area (Å²) < 4.78 is 27.8. The maximum Gasteiger partial charge on any atom is 0.250 e. The van der Waals surface area contributed by atoms with Crippen molar-refractivity contribution in [2.75, 3.05) is 5.75 Å². The number of ketones is 1. The third-order valence-electron chi connectivity index (χ3n) is 5.28. The number of hydrogen-bond acceptors (Lipinski definition) is 6. The number of aromatic nitrogens is 3. The van der Waals surface area contributed by atoms with E-state index in [4.69, 9.17) is 5.73 Å². The fraction of sp³-hybridized carbons (Fsp3) is 0.375. The van der Waals surface area contributed by atoms with Crippen LogP contribution in [0, 0.1) is 5.41 Å². The molecular formula is C24H30N4O3S. The van der Waals surface area contributed by atoms with Gasteiger partial charge in [-0.1, -0.05) is 81.4 Å². The van der Waals surface area contributed by atoms with Crippen LogP contribution in [0.1, 0.15) is 43.8 Å². The Labute approximate surface area is 189 Å². The highest BCUT2D eigenvalue weighted by Crippen LogP contribution is 2.22. The molecular weight excluding hydrogens is 424 g/mol. The summed E-state index contributed by atoms with van der Waals surface area (Å²) >= 11 is 0. The van der Waals surface area contributed by atoms with Crippen molar-refractivity contribution in [3.63, 3.8) is 0 Å². The molecule has 0 spiro atoms. The first kappa shape index (κ1) is 23.8. The minimum Gasteiger partial charge on any atom is -0.321 e. The second kappa shape index (κ2) is 9.75. The zero-order valence-corrected chi connectivity index (χ0v) is 19.5. The van der Waals surface area contributed by atoms with Crippen molar-refractivity contribution in [2.45, 2.75) is 51.4 Å². The minimum atomic E-state index is -3.98. The average molecular weight is 455 g/mol. The van der Waals surface area contributed by atoms with Gasteiger partial charge in [0.2, 0.25) is 15.0 Å². The lowest BCUT2D eigenvalue weighted by Gasteiger charge is -2.18. The predicted octanol–water partition coefficient (Wildman–Crippen LogP) is 3.15. The van der Waals surface area contributed by atoms with E-state index in [-0.39, 0.29) is 10.9 Å². The van der Waals surface area contributed by atoms with Crippen molar-refractivity contribution < 1.29 is 13.2 Å². The number of benzene rings is 2. The van der Waals surface area contributed by atoms with Gasteiger partial charge in [0.05, 0.1) is 6.04 Å². The molecule has 0 aliphatic carbocycles. The molecule has 0 aliphatic rings. The van der Waals surface area contributed by atoms with Gasteiger partial charge in [0.25, 0.3) is 0 Å². The fourth-order valence-corrected chi connectivity index (χ4v) is 4.91. The van der Waals surface area contributed by atoms with Crippen molar-refractivity contribution in [2.24, 2.45) is 11.1 Å². The van der Waals surface area contributed by atoms with Gasteiger partial charge in [-0.3, -0.25) is 4.79 Å². The van der Waals surface area contributed by atoms with Gasteiger partial charge in [-0.2, -0.15) is 0 Å². The van der Waals surface area contributed by atoms with Gasteiger partial charge in [-0.05, 0) is 24.0 Å². The average Bonchev–Trinajstić information content (AvgIpc) is 3.18. The topological polar surface area (TPSA) is 108 Å². The van der Waals surface area contributed by atoms with E-state index in [1.165, 1.54) is 0 Å². The molecule has 2 N–H and O–H groups in total. The first-order valence-corrected chi connectivity index (χ1v) is 12.3. The van der Waals surface area contributed by atoms with Crippen molar-refractivity contribution in [3.8, 4) is 0 Å². The highest BCUT2D eigenvalue weighted by molar-refractivity contribution is 7.92. The number of carbonyl (C=O) groups excluding carboxylic acids is 1. The molecule has 0 saturated heterocycles. The molecule has 3 rings (SSSR count). The molecule has 1 aromatic heterocycles. The molecule has 7 nitrogen and oxygen atoms in total. The zero-order chi connectivity index (χ0) is 23.4. The largest absolute Gasteiger partial charge is 0.321 e. The second-order valence-electron chi connectivity index (χ2n) is 8.96. The number of rotatable bonds is 9. The summed E-state index contributed by atoms with van der Waals surface area (Å²) in [5.74, 6) is -0.592. The summed E-state index contributed by atoms with van der Waals surface area (Å²) in [5.41, 5.74) is 7.74. The Morgan fingerprint density at radius 3 is 2.09 bits per heavy atom. The normalized spacial score (nSPS) is 13.1. The van der Waals surface area contributed by atoms with E-state index in [1.807, 2.05) is 60.7 Å². The maximum atomic E-state index is 13.1. The minimum absolute atomic E-state index is 0.204. The second-order valence-corrected chi connectivity index (χ2v) is 10.8. The molecule has 0 radical (unpaired) electrons. The van der Waals surface area contributed by atoms with Gasteiger partial charge < -0.3 is 10.3 Å². The first-order chi connectivity index (χ1) is 15.1. The standard InChI is InChI=1S/C24H30N4O3S/c1-24(2,3)21(29)17-32(30,31)23-27-26-22(20(25)16-19-12-8-5-9-13-19)28(23)15-14-18-10-6-4-7-11-18/h4-13,20H,14-17,25H2,1-3H3/t20-/m0/s1. The van der Waals surface area contributed by atoms with Crippen LogP contribution in [0.3, 0.4) is 0 Å². The molecule has 1 atom stereocenters. The van der Waals surface area contributed by atoms with Gasteiger partial charge in [-0.15, -0.1) is 10.2 Å². The molecule has 2 aromatic carbocycles. The number of sulfone groups is 1. The Morgan fingerprint density at radius 1 is 0.969 bits per heavy atom. The van der Waals surface area contributed by atoms with Crippen molar-refractivity contribution in [3.05, 3.63) is 77.6 Å². The lowest BCUT2D eigenvalue weighted by atomic mass is 9.92. The van der Waals surface area contributed by atoms with Gasteiger partial charge in [0.15, 0.2) is 11.6 Å². The van der Waals surface area contributed by atoms with Crippen molar-refractivity contribution in [1.29, 1.82) is 0 Å². The molecule has 0 fully saturated rings. The van der Waals surface area contributed by atoms with Crippen molar-refractivity contribution in [1.82, 2.24) is 14.8 Å². The number of hydrogen-bond donors (Lipinski definition) is 1. The maximum absolute atomic E-state index is 13.1. The van der Waals surface area contributed by atoms with Crippen LogP contribution in [0.25, 0.3) is 0 Å². The lowest BCUT2D eigenvalue weighted by molar-refractivity contribution is -0.123. The summed E-state index contributed by atoms with van der Waals surface area (Å²) in [5, 5.41) is 7.94. The Hall–Kier alpha value is -2.84. The SMILES string of the molecule is CC(C)(C)C(=O)CS(=O)(=O)c1nnc([C@@H](N)Cc2ccccc2)n1CCc1ccccc1. The smallest absolute Gasteiger partial charge is 0.250 e. The van der Waals surface area contributed by atoms with Gasteiger partial charge >= 0.3 is 0 Å². The Bertz CT molecular complexity index is 1150. The molecule has 8 heteroatoms. The van der Waals surface area contributed by atoms with Crippen LogP contribution in [0.5, 0.6) is 0 Å².